The van der Waals surface area contributed by atoms with E-state index in [1.807, 2.05) is 45.1 Å². The first-order valence-corrected chi connectivity index (χ1v) is 5.12. The van der Waals surface area contributed by atoms with E-state index in [1.165, 1.54) is 0 Å². The largest absolute Gasteiger partial charge is 0.457 e. The molecule has 2 heteroatoms. The Hall–Kier alpha value is -1.70. The Kier molecular flexibility index (Phi) is 3.56. The van der Waals surface area contributed by atoms with E-state index in [1.54, 1.807) is 0 Å². The van der Waals surface area contributed by atoms with E-state index < -0.39 is 0 Å². The number of hydrogen-bond acceptors (Lipinski definition) is 2. The van der Waals surface area contributed by atoms with Crippen molar-refractivity contribution in [2.45, 2.75) is 20.8 Å². The minimum atomic E-state index is 0.664. The molecule has 0 fully saturated rings. The first-order chi connectivity index (χ1) is 7.18. The molecule has 2 N–H and O–H groups in total. The smallest absolute Gasteiger partial charge is 0.135 e. The zero-order valence-corrected chi connectivity index (χ0v) is 9.50. The van der Waals surface area contributed by atoms with Gasteiger partial charge in [-0.2, -0.15) is 0 Å². The number of benzene rings is 1. The van der Waals surface area contributed by atoms with Gasteiger partial charge < -0.3 is 10.5 Å². The maximum absolute atomic E-state index is 5.77. The Balaban J connectivity index is 0.000000531. The lowest BCUT2D eigenvalue weighted by Crippen LogP contribution is -2.01. The number of fused-ring (bicyclic) bond motifs is 1. The summed E-state index contributed by atoms with van der Waals surface area (Å²) in [7, 11) is 0. The molecule has 1 aliphatic rings. The number of rotatable bonds is 0. The van der Waals surface area contributed by atoms with Crippen LogP contribution in [0.5, 0.6) is 5.75 Å². The second-order valence-electron chi connectivity index (χ2n) is 3.09. The minimum absolute atomic E-state index is 0.664. The number of anilines is 1. The molecular weight excluding hydrogens is 186 g/mol. The van der Waals surface area contributed by atoms with Crippen LogP contribution in [0, 0.1) is 6.92 Å². The number of allylic oxidation sites excluding steroid dienone is 1. The lowest BCUT2D eigenvalue weighted by Gasteiger charge is -2.16. The van der Waals surface area contributed by atoms with Gasteiger partial charge in [0.25, 0.3) is 0 Å². The molecule has 1 aliphatic heterocycles. The molecule has 0 atom stereocenters. The van der Waals surface area contributed by atoms with Crippen molar-refractivity contribution < 1.29 is 4.74 Å². The van der Waals surface area contributed by atoms with Crippen LogP contribution in [0.3, 0.4) is 0 Å². The summed E-state index contributed by atoms with van der Waals surface area (Å²) in [4.78, 5) is 0. The Morgan fingerprint density at radius 1 is 1.20 bits per heavy atom. The van der Waals surface area contributed by atoms with Crippen molar-refractivity contribution in [2.24, 2.45) is 0 Å². The van der Waals surface area contributed by atoms with Crippen molar-refractivity contribution in [1.82, 2.24) is 0 Å². The molecule has 0 amide bonds. The van der Waals surface area contributed by atoms with Gasteiger partial charge in [0.1, 0.15) is 11.5 Å². The summed E-state index contributed by atoms with van der Waals surface area (Å²) in [6.07, 6.45) is 3.82. The van der Waals surface area contributed by atoms with Crippen LogP contribution < -0.4 is 10.5 Å². The molecule has 0 radical (unpaired) electrons. The Bertz CT molecular complexity index is 405. The molecule has 0 aromatic heterocycles. The molecule has 0 aliphatic carbocycles. The molecule has 1 aromatic carbocycles. The van der Waals surface area contributed by atoms with Crippen LogP contribution >= 0.6 is 0 Å². The molecular formula is C13H17NO. The van der Waals surface area contributed by atoms with Gasteiger partial charge in [-0.25, -0.2) is 0 Å². The summed E-state index contributed by atoms with van der Waals surface area (Å²) in [5, 5.41) is 0. The molecule has 2 nitrogen and oxygen atoms in total. The normalized spacial score (nSPS) is 12.3. The molecule has 80 valence electrons. The fourth-order valence-electron chi connectivity index (χ4n) is 1.37. The first-order valence-electron chi connectivity index (χ1n) is 5.12. The van der Waals surface area contributed by atoms with Crippen molar-refractivity contribution in [1.29, 1.82) is 0 Å². The van der Waals surface area contributed by atoms with Gasteiger partial charge in [0.05, 0.1) is 0 Å². The van der Waals surface area contributed by atoms with Gasteiger partial charge in [0.2, 0.25) is 0 Å². The predicted octanol–water partition coefficient (Wildman–Crippen LogP) is 3.52. The quantitative estimate of drug-likeness (QED) is 0.655. The van der Waals surface area contributed by atoms with Crippen molar-refractivity contribution >= 4 is 11.8 Å². The number of nitrogen functional groups attached to an aromatic ring is 1. The van der Waals surface area contributed by atoms with E-state index in [4.69, 9.17) is 10.5 Å². The standard InChI is InChI=1S/C11H11NO.C2H6/c1-7-3-4-9-8(2)10(12)5-6-11(9)13-7;1-2/h3-6H,1,12H2,2H3;1-2H3. The summed E-state index contributed by atoms with van der Waals surface area (Å²) in [6.45, 7) is 9.71. The summed E-state index contributed by atoms with van der Waals surface area (Å²) < 4.78 is 5.43. The number of ether oxygens (including phenoxy) is 1. The van der Waals surface area contributed by atoms with Crippen molar-refractivity contribution in [3.05, 3.63) is 41.7 Å². The highest BCUT2D eigenvalue weighted by Crippen LogP contribution is 2.32. The third-order valence-corrected chi connectivity index (χ3v) is 2.19. The lowest BCUT2D eigenvalue weighted by molar-refractivity contribution is 0.442. The number of nitrogens with two attached hydrogens (primary N) is 1. The highest BCUT2D eigenvalue weighted by molar-refractivity contribution is 5.71. The van der Waals surface area contributed by atoms with Crippen LogP contribution in [0.15, 0.2) is 30.5 Å². The number of hydrogen-bond donors (Lipinski definition) is 1. The molecule has 2 rings (SSSR count). The fourth-order valence-corrected chi connectivity index (χ4v) is 1.37. The molecule has 0 unspecified atom stereocenters. The lowest BCUT2D eigenvalue weighted by atomic mass is 10.0. The van der Waals surface area contributed by atoms with Crippen molar-refractivity contribution in [3.63, 3.8) is 0 Å². The highest BCUT2D eigenvalue weighted by atomic mass is 16.5. The van der Waals surface area contributed by atoms with Crippen molar-refractivity contribution in [2.75, 3.05) is 5.73 Å². The maximum atomic E-state index is 5.77. The zero-order chi connectivity index (χ0) is 11.4. The van der Waals surface area contributed by atoms with E-state index >= 15 is 0 Å². The molecule has 1 aromatic rings. The van der Waals surface area contributed by atoms with E-state index in [9.17, 15) is 0 Å². The van der Waals surface area contributed by atoms with E-state index in [0.717, 1.165) is 22.6 Å². The van der Waals surface area contributed by atoms with Crippen LogP contribution in [0.1, 0.15) is 25.0 Å². The maximum Gasteiger partial charge on any atom is 0.135 e. The summed E-state index contributed by atoms with van der Waals surface area (Å²) >= 11 is 0. The molecule has 0 bridgehead atoms. The van der Waals surface area contributed by atoms with Gasteiger partial charge in [0, 0.05) is 11.3 Å². The van der Waals surface area contributed by atoms with Gasteiger partial charge in [-0.05, 0) is 36.8 Å². The first kappa shape index (κ1) is 11.4. The summed E-state index contributed by atoms with van der Waals surface area (Å²) in [5.41, 5.74) is 8.66. The van der Waals surface area contributed by atoms with E-state index in [-0.39, 0.29) is 0 Å². The minimum Gasteiger partial charge on any atom is -0.457 e. The second kappa shape index (κ2) is 4.69. The van der Waals surface area contributed by atoms with Gasteiger partial charge in [-0.3, -0.25) is 0 Å². The van der Waals surface area contributed by atoms with Crippen LogP contribution in [0.2, 0.25) is 0 Å². The Morgan fingerprint density at radius 3 is 2.53 bits per heavy atom. The van der Waals surface area contributed by atoms with Crippen LogP contribution in [-0.4, -0.2) is 0 Å². The molecule has 15 heavy (non-hydrogen) atoms. The summed E-state index contributed by atoms with van der Waals surface area (Å²) in [6, 6.07) is 3.72. The SMILES string of the molecule is C=C1C=Cc2c(ccc(N)c2C)O1.CC. The Labute approximate surface area is 91.1 Å². The molecule has 0 saturated heterocycles. The Morgan fingerprint density at radius 2 is 1.87 bits per heavy atom. The zero-order valence-electron chi connectivity index (χ0n) is 9.50. The average molecular weight is 203 g/mol. The fraction of sp³-hybridized carbons (Fsp3) is 0.231. The average Bonchev–Trinajstić information content (AvgIpc) is 2.26. The molecule has 0 spiro atoms. The van der Waals surface area contributed by atoms with E-state index in [2.05, 4.69) is 6.58 Å². The summed E-state index contributed by atoms with van der Waals surface area (Å²) in [5.74, 6) is 1.50. The van der Waals surface area contributed by atoms with Gasteiger partial charge in [-0.1, -0.05) is 20.4 Å². The van der Waals surface area contributed by atoms with Crippen LogP contribution in [0.25, 0.3) is 6.08 Å². The van der Waals surface area contributed by atoms with Gasteiger partial charge in [0.15, 0.2) is 0 Å². The van der Waals surface area contributed by atoms with Crippen molar-refractivity contribution in [3.8, 4) is 5.75 Å². The van der Waals surface area contributed by atoms with Crippen LogP contribution in [-0.2, 0) is 0 Å². The molecule has 0 saturated carbocycles. The monoisotopic (exact) mass is 203 g/mol. The highest BCUT2D eigenvalue weighted by Gasteiger charge is 2.11. The van der Waals surface area contributed by atoms with Gasteiger partial charge >= 0.3 is 0 Å². The molecule has 1 heterocycles. The van der Waals surface area contributed by atoms with E-state index in [0.29, 0.717) is 5.76 Å². The van der Waals surface area contributed by atoms with Gasteiger partial charge in [-0.15, -0.1) is 0 Å². The van der Waals surface area contributed by atoms with Crippen LogP contribution in [0.4, 0.5) is 5.69 Å². The topological polar surface area (TPSA) is 35.2 Å². The third kappa shape index (κ3) is 2.21. The second-order valence-corrected chi connectivity index (χ2v) is 3.09. The third-order valence-electron chi connectivity index (χ3n) is 2.19. The predicted molar refractivity (Wildman–Crippen MR) is 65.7 cm³/mol.